The fourth-order valence-corrected chi connectivity index (χ4v) is 1.88. The van der Waals surface area contributed by atoms with Crippen LogP contribution in [0.4, 0.5) is 0 Å². The molecule has 1 heterocycles. The highest BCUT2D eigenvalue weighted by Crippen LogP contribution is 2.22. The molecule has 16 heavy (non-hydrogen) atoms. The fraction of sp³-hybridized carbons (Fsp3) is 0.462. The van der Waals surface area contributed by atoms with Gasteiger partial charge < -0.3 is 10.3 Å². The minimum Gasteiger partial charge on any atom is -0.360 e. The molecule has 0 saturated heterocycles. The molecule has 1 aromatic heterocycles. The monoisotopic (exact) mass is 218 g/mol. The van der Waals surface area contributed by atoms with Gasteiger partial charge in [0, 0.05) is 11.8 Å². The lowest BCUT2D eigenvalue weighted by atomic mass is 10.0. The van der Waals surface area contributed by atoms with Crippen LogP contribution in [0, 0.1) is 5.92 Å². The molecule has 0 aliphatic heterocycles. The molecule has 86 valence electrons. The van der Waals surface area contributed by atoms with Crippen LogP contribution in [0.5, 0.6) is 0 Å². The summed E-state index contributed by atoms with van der Waals surface area (Å²) >= 11 is 0. The number of aromatic nitrogens is 1. The molecule has 0 saturated carbocycles. The summed E-state index contributed by atoms with van der Waals surface area (Å²) in [7, 11) is 0. The van der Waals surface area contributed by atoms with Crippen LogP contribution in [0.15, 0.2) is 22.7 Å². The van der Waals surface area contributed by atoms with Crippen LogP contribution in [0.1, 0.15) is 25.2 Å². The molecule has 2 N–H and O–H groups in total. The molecular formula is C13H18N2O. The first-order valence-electron chi connectivity index (χ1n) is 5.78. The molecule has 2 aromatic rings. The zero-order valence-electron chi connectivity index (χ0n) is 9.86. The predicted octanol–water partition coefficient (Wildman–Crippen LogP) is 2.53. The Kier molecular flexibility index (Phi) is 3.25. The van der Waals surface area contributed by atoms with Crippen molar-refractivity contribution in [3.05, 3.63) is 29.5 Å². The standard InChI is InChI=1S/C13H18N2O/c1-9(2)7-13-11-8-10(5-6-14)3-4-12(11)15-16-13/h3-4,8-9H,5-7,14H2,1-2H3. The molecule has 0 fully saturated rings. The van der Waals surface area contributed by atoms with E-state index in [9.17, 15) is 0 Å². The lowest BCUT2D eigenvalue weighted by molar-refractivity contribution is 0.376. The maximum atomic E-state index is 5.56. The Hall–Kier alpha value is -1.35. The van der Waals surface area contributed by atoms with Crippen molar-refractivity contribution in [2.75, 3.05) is 6.54 Å². The Morgan fingerprint density at radius 2 is 2.19 bits per heavy atom. The van der Waals surface area contributed by atoms with Crippen LogP contribution in [-0.2, 0) is 12.8 Å². The molecule has 0 radical (unpaired) electrons. The summed E-state index contributed by atoms with van der Waals surface area (Å²) in [4.78, 5) is 0. The van der Waals surface area contributed by atoms with E-state index in [4.69, 9.17) is 10.3 Å². The number of benzene rings is 1. The largest absolute Gasteiger partial charge is 0.360 e. The van der Waals surface area contributed by atoms with Gasteiger partial charge in [-0.05, 0) is 36.6 Å². The fourth-order valence-electron chi connectivity index (χ4n) is 1.88. The van der Waals surface area contributed by atoms with E-state index in [0.717, 1.165) is 29.5 Å². The van der Waals surface area contributed by atoms with Crippen molar-refractivity contribution >= 4 is 10.9 Å². The Morgan fingerprint density at radius 3 is 2.88 bits per heavy atom. The first-order valence-corrected chi connectivity index (χ1v) is 5.78. The number of hydrogen-bond donors (Lipinski definition) is 1. The molecule has 3 nitrogen and oxygen atoms in total. The molecule has 0 aliphatic carbocycles. The van der Waals surface area contributed by atoms with E-state index in [-0.39, 0.29) is 0 Å². The highest BCUT2D eigenvalue weighted by Gasteiger charge is 2.10. The van der Waals surface area contributed by atoms with Crippen molar-refractivity contribution in [3.63, 3.8) is 0 Å². The molecular weight excluding hydrogens is 200 g/mol. The molecule has 0 unspecified atom stereocenters. The van der Waals surface area contributed by atoms with E-state index in [1.165, 1.54) is 5.56 Å². The van der Waals surface area contributed by atoms with E-state index >= 15 is 0 Å². The smallest absolute Gasteiger partial charge is 0.144 e. The van der Waals surface area contributed by atoms with Gasteiger partial charge in [0.25, 0.3) is 0 Å². The summed E-state index contributed by atoms with van der Waals surface area (Å²) in [6.07, 6.45) is 1.84. The minimum atomic E-state index is 0.578. The van der Waals surface area contributed by atoms with E-state index < -0.39 is 0 Å². The predicted molar refractivity (Wildman–Crippen MR) is 65.3 cm³/mol. The average Bonchev–Trinajstić information content (AvgIpc) is 2.61. The van der Waals surface area contributed by atoms with Crippen LogP contribution >= 0.6 is 0 Å². The third-order valence-electron chi connectivity index (χ3n) is 2.64. The number of fused-ring (bicyclic) bond motifs is 1. The summed E-state index contributed by atoms with van der Waals surface area (Å²) in [5.74, 6) is 1.57. The third-order valence-corrected chi connectivity index (χ3v) is 2.64. The molecule has 2 rings (SSSR count). The Bertz CT molecular complexity index is 474. The summed E-state index contributed by atoms with van der Waals surface area (Å²) < 4.78 is 5.38. The van der Waals surface area contributed by atoms with Crippen LogP contribution in [0.2, 0.25) is 0 Å². The van der Waals surface area contributed by atoms with Crippen molar-refractivity contribution in [1.29, 1.82) is 0 Å². The van der Waals surface area contributed by atoms with Gasteiger partial charge >= 0.3 is 0 Å². The summed E-state index contributed by atoms with van der Waals surface area (Å²) in [6, 6.07) is 6.22. The third kappa shape index (κ3) is 2.25. The summed E-state index contributed by atoms with van der Waals surface area (Å²) in [5.41, 5.74) is 7.75. The van der Waals surface area contributed by atoms with Gasteiger partial charge in [0.05, 0.1) is 0 Å². The second-order valence-corrected chi connectivity index (χ2v) is 4.59. The lowest BCUT2D eigenvalue weighted by Gasteiger charge is -2.01. The topological polar surface area (TPSA) is 52.0 Å². The molecule has 3 heteroatoms. The second-order valence-electron chi connectivity index (χ2n) is 4.59. The molecule has 0 atom stereocenters. The van der Waals surface area contributed by atoms with E-state index in [1.807, 2.05) is 6.07 Å². The number of nitrogens with two attached hydrogens (primary N) is 1. The van der Waals surface area contributed by atoms with Crippen molar-refractivity contribution < 1.29 is 4.52 Å². The van der Waals surface area contributed by atoms with Crippen molar-refractivity contribution in [3.8, 4) is 0 Å². The van der Waals surface area contributed by atoms with E-state index in [0.29, 0.717) is 12.5 Å². The van der Waals surface area contributed by atoms with Gasteiger partial charge in [-0.25, -0.2) is 0 Å². The first kappa shape index (κ1) is 11.1. The van der Waals surface area contributed by atoms with Gasteiger partial charge in [0.1, 0.15) is 11.3 Å². The quantitative estimate of drug-likeness (QED) is 0.858. The molecule has 0 bridgehead atoms. The van der Waals surface area contributed by atoms with Crippen molar-refractivity contribution in [1.82, 2.24) is 5.16 Å². The Labute approximate surface area is 95.6 Å². The number of nitrogens with zero attached hydrogens (tertiary/aromatic N) is 1. The maximum Gasteiger partial charge on any atom is 0.144 e. The van der Waals surface area contributed by atoms with Gasteiger partial charge in [-0.1, -0.05) is 25.1 Å². The molecule has 0 amide bonds. The van der Waals surface area contributed by atoms with Gasteiger partial charge in [-0.3, -0.25) is 0 Å². The second kappa shape index (κ2) is 4.66. The summed E-state index contributed by atoms with van der Waals surface area (Å²) in [5, 5.41) is 5.21. The van der Waals surface area contributed by atoms with E-state index in [1.54, 1.807) is 0 Å². The van der Waals surface area contributed by atoms with Crippen molar-refractivity contribution in [2.24, 2.45) is 11.7 Å². The van der Waals surface area contributed by atoms with Crippen LogP contribution < -0.4 is 5.73 Å². The number of hydrogen-bond acceptors (Lipinski definition) is 3. The highest BCUT2D eigenvalue weighted by atomic mass is 16.5. The first-order chi connectivity index (χ1) is 7.70. The summed E-state index contributed by atoms with van der Waals surface area (Å²) in [6.45, 7) is 5.03. The van der Waals surface area contributed by atoms with Gasteiger partial charge in [-0.2, -0.15) is 0 Å². The SMILES string of the molecule is CC(C)Cc1onc2ccc(CCN)cc12. The zero-order valence-corrected chi connectivity index (χ0v) is 9.86. The number of rotatable bonds is 4. The zero-order chi connectivity index (χ0) is 11.5. The molecule has 0 spiro atoms. The van der Waals surface area contributed by atoms with Crippen LogP contribution in [-0.4, -0.2) is 11.7 Å². The lowest BCUT2D eigenvalue weighted by Crippen LogP contribution is -2.02. The Balaban J connectivity index is 2.39. The maximum absolute atomic E-state index is 5.56. The van der Waals surface area contributed by atoms with Crippen LogP contribution in [0.3, 0.4) is 0 Å². The average molecular weight is 218 g/mol. The molecule has 1 aromatic carbocycles. The normalized spacial score (nSPS) is 11.5. The van der Waals surface area contributed by atoms with Gasteiger partial charge in [0.2, 0.25) is 0 Å². The highest BCUT2D eigenvalue weighted by molar-refractivity contribution is 5.81. The van der Waals surface area contributed by atoms with Crippen LogP contribution in [0.25, 0.3) is 10.9 Å². The van der Waals surface area contributed by atoms with E-state index in [2.05, 4.69) is 31.1 Å². The molecule has 0 aliphatic rings. The van der Waals surface area contributed by atoms with Gasteiger partial charge in [-0.15, -0.1) is 0 Å². The minimum absolute atomic E-state index is 0.578. The Morgan fingerprint density at radius 1 is 1.38 bits per heavy atom. The van der Waals surface area contributed by atoms with Crippen molar-refractivity contribution in [2.45, 2.75) is 26.7 Å². The van der Waals surface area contributed by atoms with Gasteiger partial charge in [0.15, 0.2) is 0 Å².